The molecule has 114 valence electrons. The Kier molecular flexibility index (Phi) is 6.77. The highest BCUT2D eigenvalue weighted by Gasteiger charge is 2.09. The predicted molar refractivity (Wildman–Crippen MR) is 91.3 cm³/mol. The summed E-state index contributed by atoms with van der Waals surface area (Å²) in [6.45, 7) is 2.91. The monoisotopic (exact) mass is 303 g/mol. The van der Waals surface area contributed by atoms with Gasteiger partial charge in [-0.1, -0.05) is 25.1 Å². The third kappa shape index (κ3) is 5.18. The van der Waals surface area contributed by atoms with E-state index in [1.807, 2.05) is 18.4 Å². The minimum atomic E-state index is 0.421. The molecule has 0 fully saturated rings. The number of rotatable bonds is 9. The first-order chi connectivity index (χ1) is 10.3. The zero-order valence-electron chi connectivity index (χ0n) is 13.0. The number of ether oxygens (including phenoxy) is 1. The highest BCUT2D eigenvalue weighted by Crippen LogP contribution is 2.23. The lowest BCUT2D eigenvalue weighted by molar-refractivity contribution is 0.317. The van der Waals surface area contributed by atoms with Crippen LogP contribution < -0.4 is 10.1 Å². The van der Waals surface area contributed by atoms with E-state index in [-0.39, 0.29) is 0 Å². The number of benzene rings is 1. The van der Waals surface area contributed by atoms with Crippen molar-refractivity contribution in [2.45, 2.75) is 38.6 Å². The highest BCUT2D eigenvalue weighted by molar-refractivity contribution is 7.09. The summed E-state index contributed by atoms with van der Waals surface area (Å²) in [6.07, 6.45) is 4.58. The van der Waals surface area contributed by atoms with Gasteiger partial charge in [-0.2, -0.15) is 0 Å². The Morgan fingerprint density at radius 1 is 1.19 bits per heavy atom. The Balaban J connectivity index is 1.84. The van der Waals surface area contributed by atoms with E-state index < -0.39 is 0 Å². The lowest BCUT2D eigenvalue weighted by Crippen LogP contribution is -2.16. The van der Waals surface area contributed by atoms with E-state index in [2.05, 4.69) is 54.0 Å². The van der Waals surface area contributed by atoms with E-state index in [1.54, 1.807) is 0 Å². The van der Waals surface area contributed by atoms with Crippen LogP contribution in [0.2, 0.25) is 0 Å². The standard InChI is InChI=1S/C18H25NOS/c1-3-13-20-16-11-9-15(10-12-16)18(19-2)8-4-6-17-7-5-14-21-17/h5,7,9-12,14,18-19H,3-4,6,8,13H2,1-2H3. The van der Waals surface area contributed by atoms with Gasteiger partial charge >= 0.3 is 0 Å². The molecule has 0 amide bonds. The molecule has 1 N–H and O–H groups in total. The molecule has 21 heavy (non-hydrogen) atoms. The van der Waals surface area contributed by atoms with Crippen LogP contribution in [0.25, 0.3) is 0 Å². The third-order valence-electron chi connectivity index (χ3n) is 3.60. The third-order valence-corrected chi connectivity index (χ3v) is 4.54. The maximum Gasteiger partial charge on any atom is 0.119 e. The van der Waals surface area contributed by atoms with Gasteiger partial charge in [-0.15, -0.1) is 11.3 Å². The molecule has 0 bridgehead atoms. The van der Waals surface area contributed by atoms with E-state index in [0.29, 0.717) is 6.04 Å². The molecule has 0 aliphatic heterocycles. The summed E-state index contributed by atoms with van der Waals surface area (Å²) >= 11 is 1.85. The molecule has 0 aliphatic rings. The largest absolute Gasteiger partial charge is 0.494 e. The van der Waals surface area contributed by atoms with Crippen molar-refractivity contribution in [1.29, 1.82) is 0 Å². The van der Waals surface area contributed by atoms with Gasteiger partial charge in [0.1, 0.15) is 5.75 Å². The molecular weight excluding hydrogens is 278 g/mol. The molecule has 2 nitrogen and oxygen atoms in total. The van der Waals surface area contributed by atoms with E-state index in [9.17, 15) is 0 Å². The average molecular weight is 303 g/mol. The predicted octanol–water partition coefficient (Wildman–Crippen LogP) is 4.82. The summed E-state index contributed by atoms with van der Waals surface area (Å²) in [7, 11) is 2.04. The molecule has 0 saturated heterocycles. The van der Waals surface area contributed by atoms with Gasteiger partial charge in [0.2, 0.25) is 0 Å². The first-order valence-corrected chi connectivity index (χ1v) is 8.64. The molecule has 2 rings (SSSR count). The highest BCUT2D eigenvalue weighted by atomic mass is 32.1. The maximum absolute atomic E-state index is 5.63. The van der Waals surface area contributed by atoms with Crippen LogP contribution in [0.5, 0.6) is 5.75 Å². The number of nitrogens with one attached hydrogen (secondary N) is 1. The summed E-state index contributed by atoms with van der Waals surface area (Å²) in [6, 6.07) is 13.3. The minimum absolute atomic E-state index is 0.421. The number of aryl methyl sites for hydroxylation is 1. The smallest absolute Gasteiger partial charge is 0.119 e. The topological polar surface area (TPSA) is 21.3 Å². The average Bonchev–Trinajstić information content (AvgIpc) is 3.03. The van der Waals surface area contributed by atoms with Crippen LogP contribution in [0, 0.1) is 0 Å². The van der Waals surface area contributed by atoms with Gasteiger partial charge in [0.05, 0.1) is 6.61 Å². The second kappa shape index (κ2) is 8.85. The maximum atomic E-state index is 5.63. The van der Waals surface area contributed by atoms with Crippen LogP contribution in [0.4, 0.5) is 0 Å². The van der Waals surface area contributed by atoms with Crippen LogP contribution in [-0.2, 0) is 6.42 Å². The lowest BCUT2D eigenvalue weighted by atomic mass is 10.0. The molecule has 1 unspecified atom stereocenters. The van der Waals surface area contributed by atoms with E-state index >= 15 is 0 Å². The first kappa shape index (κ1) is 16.1. The zero-order valence-corrected chi connectivity index (χ0v) is 13.8. The van der Waals surface area contributed by atoms with Gasteiger partial charge in [-0.05, 0) is 61.9 Å². The second-order valence-electron chi connectivity index (χ2n) is 5.23. The molecule has 1 aromatic heterocycles. The zero-order chi connectivity index (χ0) is 14.9. The van der Waals surface area contributed by atoms with Crippen LogP contribution in [0.1, 0.15) is 42.7 Å². The Labute approximate surface area is 132 Å². The molecular formula is C18H25NOS. The number of hydrogen-bond donors (Lipinski definition) is 1. The second-order valence-corrected chi connectivity index (χ2v) is 6.26. The normalized spacial score (nSPS) is 12.3. The Morgan fingerprint density at radius 3 is 2.62 bits per heavy atom. The molecule has 1 atom stereocenters. The molecule has 0 spiro atoms. The summed E-state index contributed by atoms with van der Waals surface area (Å²) < 4.78 is 5.63. The van der Waals surface area contributed by atoms with Crippen molar-refractivity contribution in [3.05, 3.63) is 52.2 Å². The summed E-state index contributed by atoms with van der Waals surface area (Å²) in [4.78, 5) is 1.48. The summed E-state index contributed by atoms with van der Waals surface area (Å²) in [5, 5.41) is 5.58. The number of hydrogen-bond acceptors (Lipinski definition) is 3. The van der Waals surface area contributed by atoms with Crippen molar-refractivity contribution in [2.24, 2.45) is 0 Å². The van der Waals surface area contributed by atoms with Gasteiger partial charge in [0, 0.05) is 10.9 Å². The molecule has 1 heterocycles. The fourth-order valence-corrected chi connectivity index (χ4v) is 3.18. The SMILES string of the molecule is CCCOc1ccc(C(CCCc2cccs2)NC)cc1. The fourth-order valence-electron chi connectivity index (χ4n) is 2.43. The lowest BCUT2D eigenvalue weighted by Gasteiger charge is -2.17. The van der Waals surface area contributed by atoms with Crippen LogP contribution in [-0.4, -0.2) is 13.7 Å². The Bertz CT molecular complexity index is 492. The number of thiophene rings is 1. The van der Waals surface area contributed by atoms with Gasteiger partial charge in [-0.3, -0.25) is 0 Å². The van der Waals surface area contributed by atoms with Gasteiger partial charge in [0.25, 0.3) is 0 Å². The quantitative estimate of drug-likeness (QED) is 0.717. The summed E-state index contributed by atoms with van der Waals surface area (Å²) in [5.41, 5.74) is 1.34. The van der Waals surface area contributed by atoms with Crippen molar-refractivity contribution in [3.8, 4) is 5.75 Å². The van der Waals surface area contributed by atoms with Gasteiger partial charge in [0.15, 0.2) is 0 Å². The summed E-state index contributed by atoms with van der Waals surface area (Å²) in [5.74, 6) is 0.967. The molecule has 0 aliphatic carbocycles. The van der Waals surface area contributed by atoms with Crippen molar-refractivity contribution in [1.82, 2.24) is 5.32 Å². The van der Waals surface area contributed by atoms with Crippen LogP contribution in [0.3, 0.4) is 0 Å². The molecule has 0 saturated carbocycles. The van der Waals surface area contributed by atoms with E-state index in [0.717, 1.165) is 25.2 Å². The molecule has 3 heteroatoms. The first-order valence-electron chi connectivity index (χ1n) is 7.76. The van der Waals surface area contributed by atoms with Crippen molar-refractivity contribution in [2.75, 3.05) is 13.7 Å². The van der Waals surface area contributed by atoms with Crippen LogP contribution >= 0.6 is 11.3 Å². The minimum Gasteiger partial charge on any atom is -0.494 e. The Hall–Kier alpha value is -1.32. The van der Waals surface area contributed by atoms with Crippen molar-refractivity contribution < 1.29 is 4.74 Å². The van der Waals surface area contributed by atoms with E-state index in [1.165, 1.54) is 23.3 Å². The Morgan fingerprint density at radius 2 is 2.00 bits per heavy atom. The molecule has 1 aromatic carbocycles. The van der Waals surface area contributed by atoms with Gasteiger partial charge in [-0.25, -0.2) is 0 Å². The fraction of sp³-hybridized carbons (Fsp3) is 0.444. The van der Waals surface area contributed by atoms with Crippen LogP contribution in [0.15, 0.2) is 41.8 Å². The molecule has 0 radical (unpaired) electrons. The van der Waals surface area contributed by atoms with E-state index in [4.69, 9.17) is 4.74 Å². The molecule has 2 aromatic rings. The van der Waals surface area contributed by atoms with Crippen molar-refractivity contribution in [3.63, 3.8) is 0 Å². The van der Waals surface area contributed by atoms with Crippen molar-refractivity contribution >= 4 is 11.3 Å². The van der Waals surface area contributed by atoms with Gasteiger partial charge < -0.3 is 10.1 Å².